The Hall–Kier alpha value is -3.25. The Bertz CT molecular complexity index is 1170. The number of thioether (sulfide) groups is 1. The summed E-state index contributed by atoms with van der Waals surface area (Å²) in [6, 6.07) is 5.57. The molecule has 160 valence electrons. The molecule has 13 heteroatoms. The maximum atomic E-state index is 13.2. The molecule has 1 unspecified atom stereocenters. The van der Waals surface area contributed by atoms with Crippen LogP contribution in [0.15, 0.2) is 40.6 Å². The van der Waals surface area contributed by atoms with Gasteiger partial charge in [0, 0.05) is 30.9 Å². The summed E-state index contributed by atoms with van der Waals surface area (Å²) in [4.78, 5) is 47.5. The van der Waals surface area contributed by atoms with E-state index in [2.05, 4.69) is 9.98 Å². The number of carbonyl (C=O) groups is 2. The van der Waals surface area contributed by atoms with E-state index in [1.807, 2.05) is 0 Å². The van der Waals surface area contributed by atoms with Gasteiger partial charge in [0.2, 0.25) is 6.33 Å². The number of imidazole rings is 1. The number of aliphatic imine (C=N–C) groups is 1. The first kappa shape index (κ1) is 21.0. The first-order chi connectivity index (χ1) is 14.7. The van der Waals surface area contributed by atoms with E-state index < -0.39 is 22.9 Å². The number of benzene rings is 1. The fourth-order valence-corrected chi connectivity index (χ4v) is 4.42. The lowest BCUT2D eigenvalue weighted by Crippen LogP contribution is -2.61. The lowest BCUT2D eigenvalue weighted by atomic mass is 10.1. The summed E-state index contributed by atoms with van der Waals surface area (Å²) in [6.07, 6.45) is 1.34. The summed E-state index contributed by atoms with van der Waals surface area (Å²) >= 11 is 6.93. The van der Waals surface area contributed by atoms with E-state index in [9.17, 15) is 19.7 Å². The smallest absolute Gasteiger partial charge is 0.358 e. The number of carbonyl (C=O) groups excluding carboxylic acids is 2. The number of fused-ring (bicyclic) bond motifs is 1. The van der Waals surface area contributed by atoms with E-state index >= 15 is 0 Å². The number of imide groups is 1. The Morgan fingerprint density at radius 1 is 1.26 bits per heavy atom. The van der Waals surface area contributed by atoms with Crippen LogP contribution in [0.25, 0.3) is 0 Å². The Morgan fingerprint density at radius 2 is 1.94 bits per heavy atom. The predicted molar refractivity (Wildman–Crippen MR) is 113 cm³/mol. The van der Waals surface area contributed by atoms with Gasteiger partial charge in [0.05, 0.1) is 13.6 Å². The summed E-state index contributed by atoms with van der Waals surface area (Å²) in [5, 5.41) is 12.4. The first-order valence-electron chi connectivity index (χ1n) is 9.04. The van der Waals surface area contributed by atoms with Crippen LogP contribution >= 0.6 is 23.4 Å². The van der Waals surface area contributed by atoms with Gasteiger partial charge in [-0.15, -0.1) is 0 Å². The largest absolute Gasteiger partial charge is 0.396 e. The average molecular weight is 463 g/mol. The van der Waals surface area contributed by atoms with E-state index in [4.69, 9.17) is 11.6 Å². The molecule has 1 aromatic heterocycles. The zero-order valence-corrected chi connectivity index (χ0v) is 18.3. The molecule has 0 saturated carbocycles. The number of hydrogen-bond donors (Lipinski definition) is 0. The second-order valence-corrected chi connectivity index (χ2v) is 8.39. The van der Waals surface area contributed by atoms with Crippen LogP contribution in [0.2, 0.25) is 5.02 Å². The zero-order chi connectivity index (χ0) is 22.4. The number of urea groups is 1. The van der Waals surface area contributed by atoms with Crippen LogP contribution in [0.3, 0.4) is 0 Å². The number of aromatic nitrogens is 2. The third-order valence-electron chi connectivity index (χ3n) is 4.98. The van der Waals surface area contributed by atoms with Crippen LogP contribution in [-0.2, 0) is 18.4 Å². The van der Waals surface area contributed by atoms with Crippen molar-refractivity contribution in [3.63, 3.8) is 0 Å². The third kappa shape index (κ3) is 3.57. The maximum absolute atomic E-state index is 13.2. The minimum atomic E-state index is -0.815. The van der Waals surface area contributed by atoms with Gasteiger partial charge in [0.1, 0.15) is 0 Å². The molecule has 31 heavy (non-hydrogen) atoms. The van der Waals surface area contributed by atoms with E-state index in [0.29, 0.717) is 10.2 Å². The standard InChI is InChI=1S/C18H17ClN7O4S/c1-22-9-20-14(26(29)30)16(22)31-17-21-13-12(23(17)2)15(27)25(18(28)24(13)3)8-10-4-6-11(19)7-5-10/h4-7,9,12H,8H2,1-3H3/q+1. The molecule has 1 saturated heterocycles. The van der Waals surface area contributed by atoms with Gasteiger partial charge in [0.25, 0.3) is 17.8 Å². The van der Waals surface area contributed by atoms with Crippen molar-refractivity contribution in [1.82, 2.24) is 19.4 Å². The van der Waals surface area contributed by atoms with Gasteiger partial charge in [-0.05, 0) is 32.6 Å². The van der Waals surface area contributed by atoms with Crippen LogP contribution in [-0.4, -0.2) is 71.9 Å². The van der Waals surface area contributed by atoms with Crippen LogP contribution in [0, 0.1) is 10.1 Å². The summed E-state index contributed by atoms with van der Waals surface area (Å²) in [7, 11) is 4.84. The minimum absolute atomic E-state index is 0.0898. The van der Waals surface area contributed by atoms with E-state index in [1.54, 1.807) is 50.0 Å². The maximum Gasteiger partial charge on any atom is 0.396 e. The van der Waals surface area contributed by atoms with Crippen molar-refractivity contribution in [2.24, 2.45) is 12.0 Å². The lowest BCUT2D eigenvalue weighted by molar-refractivity contribution is -0.502. The van der Waals surface area contributed by atoms with Gasteiger partial charge < -0.3 is 14.7 Å². The lowest BCUT2D eigenvalue weighted by Gasteiger charge is -2.32. The van der Waals surface area contributed by atoms with E-state index in [0.717, 1.165) is 22.2 Å². The van der Waals surface area contributed by atoms with Gasteiger partial charge >= 0.3 is 17.0 Å². The Morgan fingerprint density at radius 3 is 2.58 bits per heavy atom. The van der Waals surface area contributed by atoms with Crippen molar-refractivity contribution in [2.45, 2.75) is 17.6 Å². The summed E-state index contributed by atoms with van der Waals surface area (Å²) < 4.78 is 3.12. The molecule has 2 aliphatic rings. The van der Waals surface area contributed by atoms with Crippen molar-refractivity contribution >= 4 is 52.1 Å². The summed E-state index contributed by atoms with van der Waals surface area (Å²) in [6.45, 7) is 0.0898. The highest BCUT2D eigenvalue weighted by atomic mass is 35.5. The monoisotopic (exact) mass is 462 g/mol. The number of likely N-dealkylation sites (N-methyl/N-ethyl adjacent to an activating group) is 2. The van der Waals surface area contributed by atoms with Crippen molar-refractivity contribution in [2.75, 3.05) is 14.1 Å². The van der Waals surface area contributed by atoms with Crippen LogP contribution < -0.4 is 0 Å². The molecule has 4 rings (SSSR count). The van der Waals surface area contributed by atoms with E-state index in [1.165, 1.54) is 15.8 Å². The summed E-state index contributed by atoms with van der Waals surface area (Å²) in [5.41, 5.74) is 0.754. The molecule has 1 fully saturated rings. The van der Waals surface area contributed by atoms with Crippen LogP contribution in [0.4, 0.5) is 10.6 Å². The molecule has 1 atom stereocenters. The number of halogens is 1. The highest BCUT2D eigenvalue weighted by Crippen LogP contribution is 2.32. The van der Waals surface area contributed by atoms with Gasteiger partial charge in [-0.3, -0.25) is 14.6 Å². The van der Waals surface area contributed by atoms with Crippen LogP contribution in [0.5, 0.6) is 0 Å². The molecule has 0 spiro atoms. The van der Waals surface area contributed by atoms with Gasteiger partial charge in [-0.25, -0.2) is 9.37 Å². The second-order valence-electron chi connectivity index (χ2n) is 7.00. The molecule has 0 aliphatic carbocycles. The van der Waals surface area contributed by atoms with E-state index in [-0.39, 0.29) is 23.2 Å². The zero-order valence-electron chi connectivity index (χ0n) is 16.7. The Labute approximate surface area is 185 Å². The highest BCUT2D eigenvalue weighted by Gasteiger charge is 2.53. The number of amides is 3. The second kappa shape index (κ2) is 7.78. The molecular formula is C18H17ClN7O4S+. The van der Waals surface area contributed by atoms with Gasteiger partial charge in [-0.2, -0.15) is 0 Å². The number of nitrogens with zero attached hydrogens (tertiary/aromatic N) is 7. The number of nitro groups is 1. The average Bonchev–Trinajstić information content (AvgIpc) is 3.26. The molecule has 2 aliphatic heterocycles. The van der Waals surface area contributed by atoms with Crippen molar-refractivity contribution < 1.29 is 19.1 Å². The van der Waals surface area contributed by atoms with Crippen molar-refractivity contribution in [3.8, 4) is 0 Å². The molecule has 0 bridgehead atoms. The predicted octanol–water partition coefficient (Wildman–Crippen LogP) is 1.95. The number of aryl methyl sites for hydroxylation is 1. The third-order valence-corrected chi connectivity index (χ3v) is 6.46. The molecule has 3 amide bonds. The molecule has 11 nitrogen and oxygen atoms in total. The molecule has 2 aromatic rings. The van der Waals surface area contributed by atoms with Crippen molar-refractivity contribution in [3.05, 3.63) is 51.3 Å². The van der Waals surface area contributed by atoms with Crippen molar-refractivity contribution in [1.29, 1.82) is 0 Å². The highest BCUT2D eigenvalue weighted by molar-refractivity contribution is 8.13. The first-order valence-corrected chi connectivity index (χ1v) is 10.2. The number of amidine groups is 2. The fraction of sp³-hybridized carbons (Fsp3) is 0.278. The molecule has 1 aromatic carbocycles. The minimum Gasteiger partial charge on any atom is -0.358 e. The Kier molecular flexibility index (Phi) is 5.27. The van der Waals surface area contributed by atoms with Gasteiger partial charge in [-0.1, -0.05) is 23.7 Å². The summed E-state index contributed by atoms with van der Waals surface area (Å²) in [5.74, 6) is -0.449. The fourth-order valence-electron chi connectivity index (χ4n) is 3.33. The van der Waals surface area contributed by atoms with Crippen LogP contribution in [0.1, 0.15) is 5.56 Å². The molecule has 3 heterocycles. The number of hydrogen-bond acceptors (Lipinski definition) is 7. The quantitative estimate of drug-likeness (QED) is 0.389. The topological polar surface area (TPSA) is 117 Å². The molecule has 0 N–H and O–H groups in total. The Balaban J connectivity index is 1.65. The normalized spacial score (nSPS) is 18.6. The van der Waals surface area contributed by atoms with Gasteiger partial charge in [0.15, 0.2) is 5.03 Å². The SMILES string of the molecule is CN1C(=O)N(Cc2ccc(Cl)cc2)C(=O)C2C1=NC(Sc1c([N+](=O)[O-])ncn1C)=[N+]2C. The number of rotatable bonds is 4. The molecular weight excluding hydrogens is 446 g/mol. The molecule has 0 radical (unpaired) electrons.